The highest BCUT2D eigenvalue weighted by Crippen LogP contribution is 2.23. The van der Waals surface area contributed by atoms with Crippen molar-refractivity contribution in [1.29, 1.82) is 10.5 Å². The predicted octanol–water partition coefficient (Wildman–Crippen LogP) is 3.19. The molecule has 2 nitrogen and oxygen atoms in total. The van der Waals surface area contributed by atoms with Gasteiger partial charge in [0.25, 0.3) is 0 Å². The van der Waals surface area contributed by atoms with Crippen molar-refractivity contribution in [1.82, 2.24) is 0 Å². The maximum Gasteiger partial charge on any atom is 0.101 e. The van der Waals surface area contributed by atoms with E-state index in [2.05, 4.69) is 22.6 Å². The molecule has 0 unspecified atom stereocenters. The molecule has 0 saturated carbocycles. The lowest BCUT2D eigenvalue weighted by Crippen LogP contribution is -1.86. The number of rotatable bonds is 0. The minimum absolute atomic E-state index is 0.437. The first kappa shape index (κ1) is 9.95. The molecule has 2 rings (SSSR count). The summed E-state index contributed by atoms with van der Waals surface area (Å²) < 4.78 is 1.09. The number of nitrogens with zero attached hydrogens (tertiary/aromatic N) is 2. The van der Waals surface area contributed by atoms with Crippen LogP contribution in [0.2, 0.25) is 0 Å². The fraction of sp³-hybridized carbons (Fsp3) is 0. The van der Waals surface area contributed by atoms with E-state index in [0.717, 1.165) is 14.3 Å². The monoisotopic (exact) mass is 304 g/mol. The van der Waals surface area contributed by atoms with Crippen LogP contribution in [0.1, 0.15) is 11.1 Å². The molecule has 2 aromatic rings. The molecule has 0 radical (unpaired) electrons. The summed E-state index contributed by atoms with van der Waals surface area (Å²) >= 11 is 2.22. The van der Waals surface area contributed by atoms with Crippen LogP contribution in [0, 0.1) is 26.2 Å². The molecule has 0 heterocycles. The maximum absolute atomic E-state index is 8.90. The van der Waals surface area contributed by atoms with E-state index in [0.29, 0.717) is 11.1 Å². The summed E-state index contributed by atoms with van der Waals surface area (Å²) in [4.78, 5) is 0. The molecule has 0 aliphatic carbocycles. The smallest absolute Gasteiger partial charge is 0.101 e. The fourth-order valence-corrected chi connectivity index (χ4v) is 2.15. The number of fused-ring (bicyclic) bond motifs is 1. The lowest BCUT2D eigenvalue weighted by atomic mass is 10.0. The van der Waals surface area contributed by atoms with Gasteiger partial charge in [0.15, 0.2) is 0 Å². The van der Waals surface area contributed by atoms with Gasteiger partial charge in [0.2, 0.25) is 0 Å². The minimum atomic E-state index is 0.437. The van der Waals surface area contributed by atoms with E-state index in [1.165, 1.54) is 0 Å². The summed E-state index contributed by atoms with van der Waals surface area (Å²) in [5.74, 6) is 0. The van der Waals surface area contributed by atoms with Gasteiger partial charge in [0.1, 0.15) is 12.1 Å². The molecule has 0 aliphatic rings. The molecule has 3 heteroatoms. The van der Waals surface area contributed by atoms with Gasteiger partial charge in [-0.2, -0.15) is 10.5 Å². The first-order valence-corrected chi connectivity index (χ1v) is 5.36. The molecule has 0 fully saturated rings. The average Bonchev–Trinajstić information content (AvgIpc) is 2.28. The Morgan fingerprint density at radius 3 is 2.33 bits per heavy atom. The largest absolute Gasteiger partial charge is 0.192 e. The number of benzene rings is 2. The Morgan fingerprint density at radius 1 is 1.00 bits per heavy atom. The third-order valence-corrected chi connectivity index (χ3v) is 3.15. The van der Waals surface area contributed by atoms with Gasteiger partial charge in [-0.05, 0) is 51.6 Å². The summed E-state index contributed by atoms with van der Waals surface area (Å²) in [6.45, 7) is 0. The van der Waals surface area contributed by atoms with Gasteiger partial charge in [-0.15, -0.1) is 0 Å². The topological polar surface area (TPSA) is 47.6 Å². The number of nitriles is 2. The van der Waals surface area contributed by atoms with Crippen LogP contribution in [0.5, 0.6) is 0 Å². The highest BCUT2D eigenvalue weighted by atomic mass is 127. The SMILES string of the molecule is N#Cc1cc2cccc(I)c2cc1C#N. The third-order valence-electron chi connectivity index (χ3n) is 2.21. The van der Waals surface area contributed by atoms with E-state index in [-0.39, 0.29) is 0 Å². The Bertz CT molecular complexity index is 618. The quantitative estimate of drug-likeness (QED) is 0.702. The molecule has 0 aliphatic heterocycles. The summed E-state index contributed by atoms with van der Waals surface area (Å²) in [5, 5.41) is 19.8. The summed E-state index contributed by atoms with van der Waals surface area (Å²) in [5.41, 5.74) is 0.876. The van der Waals surface area contributed by atoms with Crippen LogP contribution in [0.4, 0.5) is 0 Å². The Balaban J connectivity index is 2.90. The number of hydrogen-bond donors (Lipinski definition) is 0. The average molecular weight is 304 g/mol. The standard InChI is InChI=1S/C12H5IN2/c13-12-3-1-2-8-4-9(6-14)10(7-15)5-11(8)12/h1-5H. The first-order chi connectivity index (χ1) is 7.26. The molecular weight excluding hydrogens is 299 g/mol. The van der Waals surface area contributed by atoms with Crippen molar-refractivity contribution in [2.75, 3.05) is 0 Å². The molecule has 0 spiro atoms. The highest BCUT2D eigenvalue weighted by Gasteiger charge is 2.05. The van der Waals surface area contributed by atoms with Crippen LogP contribution in [-0.4, -0.2) is 0 Å². The molecule has 0 saturated heterocycles. The molecule has 0 atom stereocenters. The summed E-state index contributed by atoms with van der Waals surface area (Å²) in [7, 11) is 0. The van der Waals surface area contributed by atoms with Crippen LogP contribution in [0.15, 0.2) is 30.3 Å². The molecule has 0 aromatic heterocycles. The Hall–Kier alpha value is -1.59. The van der Waals surface area contributed by atoms with Crippen molar-refractivity contribution in [3.05, 3.63) is 45.0 Å². The Morgan fingerprint density at radius 2 is 1.67 bits per heavy atom. The van der Waals surface area contributed by atoms with E-state index in [1.807, 2.05) is 30.3 Å². The lowest BCUT2D eigenvalue weighted by molar-refractivity contribution is 1.44. The Labute approximate surface area is 101 Å². The molecule has 70 valence electrons. The van der Waals surface area contributed by atoms with Gasteiger partial charge in [-0.3, -0.25) is 0 Å². The van der Waals surface area contributed by atoms with Gasteiger partial charge in [-0.25, -0.2) is 0 Å². The van der Waals surface area contributed by atoms with E-state index in [1.54, 1.807) is 12.1 Å². The summed E-state index contributed by atoms with van der Waals surface area (Å²) in [6.07, 6.45) is 0. The third kappa shape index (κ3) is 1.67. The van der Waals surface area contributed by atoms with Gasteiger partial charge >= 0.3 is 0 Å². The van der Waals surface area contributed by atoms with E-state index < -0.39 is 0 Å². The molecule has 0 bridgehead atoms. The highest BCUT2D eigenvalue weighted by molar-refractivity contribution is 14.1. The second-order valence-electron chi connectivity index (χ2n) is 3.08. The van der Waals surface area contributed by atoms with Gasteiger partial charge in [-0.1, -0.05) is 12.1 Å². The molecule has 0 amide bonds. The zero-order chi connectivity index (χ0) is 10.8. The van der Waals surface area contributed by atoms with Crippen molar-refractivity contribution < 1.29 is 0 Å². The first-order valence-electron chi connectivity index (χ1n) is 4.28. The van der Waals surface area contributed by atoms with Crippen LogP contribution >= 0.6 is 22.6 Å². The molecular formula is C12H5IN2. The predicted molar refractivity (Wildman–Crippen MR) is 66.1 cm³/mol. The zero-order valence-corrected chi connectivity index (χ0v) is 9.82. The maximum atomic E-state index is 8.90. The van der Waals surface area contributed by atoms with Crippen molar-refractivity contribution in [2.45, 2.75) is 0 Å². The summed E-state index contributed by atoms with van der Waals surface area (Å²) in [6, 6.07) is 13.5. The minimum Gasteiger partial charge on any atom is -0.192 e. The Kier molecular flexibility index (Phi) is 2.57. The van der Waals surface area contributed by atoms with Crippen LogP contribution in [-0.2, 0) is 0 Å². The van der Waals surface area contributed by atoms with Crippen LogP contribution < -0.4 is 0 Å². The van der Waals surface area contributed by atoms with Crippen molar-refractivity contribution in [3.8, 4) is 12.1 Å². The van der Waals surface area contributed by atoms with Gasteiger partial charge in [0, 0.05) is 3.57 Å². The van der Waals surface area contributed by atoms with Crippen LogP contribution in [0.25, 0.3) is 10.8 Å². The van der Waals surface area contributed by atoms with Crippen LogP contribution in [0.3, 0.4) is 0 Å². The van der Waals surface area contributed by atoms with Gasteiger partial charge < -0.3 is 0 Å². The van der Waals surface area contributed by atoms with E-state index in [9.17, 15) is 0 Å². The molecule has 2 aromatic carbocycles. The fourth-order valence-electron chi connectivity index (χ4n) is 1.47. The van der Waals surface area contributed by atoms with E-state index in [4.69, 9.17) is 10.5 Å². The second-order valence-corrected chi connectivity index (χ2v) is 4.24. The van der Waals surface area contributed by atoms with Crippen molar-refractivity contribution in [2.24, 2.45) is 0 Å². The normalized spacial score (nSPS) is 9.53. The van der Waals surface area contributed by atoms with Crippen molar-refractivity contribution >= 4 is 33.4 Å². The number of halogens is 1. The molecule has 15 heavy (non-hydrogen) atoms. The molecule has 0 N–H and O–H groups in total. The second kappa shape index (κ2) is 3.88. The zero-order valence-electron chi connectivity index (χ0n) is 7.66. The van der Waals surface area contributed by atoms with Gasteiger partial charge in [0.05, 0.1) is 11.1 Å². The number of hydrogen-bond acceptors (Lipinski definition) is 2. The van der Waals surface area contributed by atoms with Crippen molar-refractivity contribution in [3.63, 3.8) is 0 Å². The lowest BCUT2D eigenvalue weighted by Gasteiger charge is -2.02. The van der Waals surface area contributed by atoms with E-state index >= 15 is 0 Å².